The molecule has 6 heteroatoms. The lowest BCUT2D eigenvalue weighted by Crippen LogP contribution is -2.26. The van der Waals surface area contributed by atoms with E-state index in [9.17, 15) is 9.18 Å². The van der Waals surface area contributed by atoms with E-state index in [2.05, 4.69) is 15.6 Å². The molecule has 1 aromatic carbocycles. The van der Waals surface area contributed by atoms with Gasteiger partial charge in [-0.1, -0.05) is 0 Å². The molecule has 0 bridgehead atoms. The van der Waals surface area contributed by atoms with Crippen molar-refractivity contribution in [2.24, 2.45) is 0 Å². The molecule has 4 N–H and O–H groups in total. The molecule has 2 aromatic rings. The Balaban J connectivity index is 2.21. The molecule has 5 nitrogen and oxygen atoms in total. The van der Waals surface area contributed by atoms with Crippen molar-refractivity contribution in [1.29, 1.82) is 0 Å². The normalized spacial score (nSPS) is 10.4. The zero-order chi connectivity index (χ0) is 13.8. The fourth-order valence-corrected chi connectivity index (χ4v) is 1.84. The number of carbonyl (C=O) groups is 1. The first-order valence-corrected chi connectivity index (χ1v) is 5.90. The predicted molar refractivity (Wildman–Crippen MR) is 73.3 cm³/mol. The molecule has 2 rings (SSSR count). The number of carbonyl (C=O) groups excluding carboxylic acids is 1. The highest BCUT2D eigenvalue weighted by molar-refractivity contribution is 5.99. The molecule has 0 atom stereocenters. The molecule has 0 fully saturated rings. The van der Waals surface area contributed by atoms with Gasteiger partial charge >= 0.3 is 0 Å². The summed E-state index contributed by atoms with van der Waals surface area (Å²) < 4.78 is 13.4. The van der Waals surface area contributed by atoms with E-state index in [0.717, 1.165) is 5.39 Å². The molecule has 0 saturated carbocycles. The predicted octanol–water partition coefficient (Wildman–Crippen LogP) is 1.50. The average Bonchev–Trinajstić information content (AvgIpc) is 2.34. The van der Waals surface area contributed by atoms with Crippen LogP contribution in [0.1, 0.15) is 6.92 Å². The number of nitrogens with zero attached hydrogens (tertiary/aromatic N) is 1. The standard InChI is InChI=1S/C13H15FN4O/c1-8(19)16-4-5-18-13-11-6-9(14)7-12(15)10(11)2-3-17-13/h2-3,6-7H,4-5,15H2,1H3,(H,16,19)(H,17,18). The van der Waals surface area contributed by atoms with E-state index in [0.29, 0.717) is 30.0 Å². The number of nitrogens with two attached hydrogens (primary N) is 1. The Morgan fingerprint density at radius 3 is 2.89 bits per heavy atom. The van der Waals surface area contributed by atoms with E-state index in [1.165, 1.54) is 19.1 Å². The molecular weight excluding hydrogens is 247 g/mol. The van der Waals surface area contributed by atoms with Gasteiger partial charge in [0.1, 0.15) is 11.6 Å². The quantitative estimate of drug-likeness (QED) is 0.576. The van der Waals surface area contributed by atoms with Crippen LogP contribution in [-0.2, 0) is 4.79 Å². The van der Waals surface area contributed by atoms with Crippen molar-refractivity contribution in [2.45, 2.75) is 6.92 Å². The molecule has 0 radical (unpaired) electrons. The lowest BCUT2D eigenvalue weighted by molar-refractivity contribution is -0.118. The Labute approximate surface area is 110 Å². The Hall–Kier alpha value is -2.37. The molecule has 0 aliphatic rings. The molecule has 0 aliphatic heterocycles. The number of anilines is 2. The average molecular weight is 262 g/mol. The number of aromatic nitrogens is 1. The summed E-state index contributed by atoms with van der Waals surface area (Å²) in [5.74, 6) is 0.0555. The van der Waals surface area contributed by atoms with E-state index < -0.39 is 5.82 Å². The first-order chi connectivity index (χ1) is 9.08. The van der Waals surface area contributed by atoms with Crippen LogP contribution in [0.4, 0.5) is 15.9 Å². The topological polar surface area (TPSA) is 80.0 Å². The largest absolute Gasteiger partial charge is 0.398 e. The summed E-state index contributed by atoms with van der Waals surface area (Å²) in [4.78, 5) is 14.9. The van der Waals surface area contributed by atoms with Crippen LogP contribution in [0.3, 0.4) is 0 Å². The molecule has 0 saturated heterocycles. The Bertz CT molecular complexity index is 615. The third-order valence-corrected chi connectivity index (χ3v) is 2.67. The van der Waals surface area contributed by atoms with Crippen LogP contribution < -0.4 is 16.4 Å². The van der Waals surface area contributed by atoms with Crippen LogP contribution in [0, 0.1) is 5.82 Å². The maximum absolute atomic E-state index is 13.4. The van der Waals surface area contributed by atoms with Gasteiger partial charge in [-0.25, -0.2) is 9.37 Å². The van der Waals surface area contributed by atoms with Crippen LogP contribution in [-0.4, -0.2) is 24.0 Å². The second kappa shape index (κ2) is 5.51. The molecule has 1 aromatic heterocycles. The number of fused-ring (bicyclic) bond motifs is 1. The second-order valence-corrected chi connectivity index (χ2v) is 4.16. The lowest BCUT2D eigenvalue weighted by atomic mass is 10.1. The number of pyridine rings is 1. The minimum atomic E-state index is -0.400. The maximum atomic E-state index is 13.4. The van der Waals surface area contributed by atoms with Gasteiger partial charge in [0.2, 0.25) is 5.91 Å². The fraction of sp³-hybridized carbons (Fsp3) is 0.231. The lowest BCUT2D eigenvalue weighted by Gasteiger charge is -2.10. The highest BCUT2D eigenvalue weighted by atomic mass is 19.1. The molecule has 0 aliphatic carbocycles. The van der Waals surface area contributed by atoms with Crippen LogP contribution >= 0.6 is 0 Å². The number of nitrogens with one attached hydrogen (secondary N) is 2. The third-order valence-electron chi connectivity index (χ3n) is 2.67. The van der Waals surface area contributed by atoms with Gasteiger partial charge in [-0.15, -0.1) is 0 Å². The van der Waals surface area contributed by atoms with Gasteiger partial charge in [0.05, 0.1) is 0 Å². The van der Waals surface area contributed by atoms with Crippen LogP contribution in [0.5, 0.6) is 0 Å². The molecule has 19 heavy (non-hydrogen) atoms. The molecule has 0 spiro atoms. The van der Waals surface area contributed by atoms with Crippen molar-refractivity contribution >= 4 is 28.2 Å². The Kier molecular flexibility index (Phi) is 3.79. The smallest absolute Gasteiger partial charge is 0.216 e. The van der Waals surface area contributed by atoms with Gasteiger partial charge < -0.3 is 16.4 Å². The van der Waals surface area contributed by atoms with E-state index in [1.54, 1.807) is 12.3 Å². The monoisotopic (exact) mass is 262 g/mol. The SMILES string of the molecule is CC(=O)NCCNc1nccc2c(N)cc(F)cc12. The number of rotatable bonds is 4. The van der Waals surface area contributed by atoms with Gasteiger partial charge in [0.25, 0.3) is 0 Å². The van der Waals surface area contributed by atoms with Crippen molar-refractivity contribution < 1.29 is 9.18 Å². The summed E-state index contributed by atoms with van der Waals surface area (Å²) >= 11 is 0. The summed E-state index contributed by atoms with van der Waals surface area (Å²) in [6, 6.07) is 4.41. The second-order valence-electron chi connectivity index (χ2n) is 4.16. The third kappa shape index (κ3) is 3.09. The highest BCUT2D eigenvalue weighted by Crippen LogP contribution is 2.26. The zero-order valence-electron chi connectivity index (χ0n) is 10.5. The highest BCUT2D eigenvalue weighted by Gasteiger charge is 2.06. The van der Waals surface area contributed by atoms with Crippen molar-refractivity contribution in [3.8, 4) is 0 Å². The van der Waals surface area contributed by atoms with Crippen molar-refractivity contribution in [3.63, 3.8) is 0 Å². The van der Waals surface area contributed by atoms with Gasteiger partial charge in [0, 0.05) is 42.7 Å². The number of halogens is 1. The first-order valence-electron chi connectivity index (χ1n) is 5.90. The maximum Gasteiger partial charge on any atom is 0.216 e. The number of amides is 1. The van der Waals surface area contributed by atoms with Gasteiger partial charge in [-0.2, -0.15) is 0 Å². The van der Waals surface area contributed by atoms with E-state index in [1.807, 2.05) is 0 Å². The first kappa shape index (κ1) is 13.1. The molecule has 1 amide bonds. The van der Waals surface area contributed by atoms with E-state index in [4.69, 9.17) is 5.73 Å². The summed E-state index contributed by atoms with van der Waals surface area (Å²) in [5, 5.41) is 7.08. The molecular formula is C13H15FN4O. The van der Waals surface area contributed by atoms with Gasteiger partial charge in [-0.3, -0.25) is 4.79 Å². The minimum absolute atomic E-state index is 0.0945. The summed E-state index contributed by atoms with van der Waals surface area (Å²) in [5.41, 5.74) is 6.15. The van der Waals surface area contributed by atoms with E-state index >= 15 is 0 Å². The van der Waals surface area contributed by atoms with Crippen molar-refractivity contribution in [3.05, 3.63) is 30.2 Å². The zero-order valence-corrected chi connectivity index (χ0v) is 10.5. The van der Waals surface area contributed by atoms with Gasteiger partial charge in [0.15, 0.2) is 0 Å². The minimum Gasteiger partial charge on any atom is -0.398 e. The summed E-state index contributed by atoms with van der Waals surface area (Å²) in [6.45, 7) is 2.42. The van der Waals surface area contributed by atoms with Crippen molar-refractivity contribution in [2.75, 3.05) is 24.1 Å². The van der Waals surface area contributed by atoms with Crippen LogP contribution in [0.25, 0.3) is 10.8 Å². The Morgan fingerprint density at radius 1 is 1.37 bits per heavy atom. The number of benzene rings is 1. The Morgan fingerprint density at radius 2 is 2.16 bits per heavy atom. The number of hydrogen-bond acceptors (Lipinski definition) is 4. The molecule has 1 heterocycles. The van der Waals surface area contributed by atoms with Gasteiger partial charge in [-0.05, 0) is 18.2 Å². The molecule has 0 unspecified atom stereocenters. The summed E-state index contributed by atoms with van der Waals surface area (Å²) in [6.07, 6.45) is 1.61. The van der Waals surface area contributed by atoms with E-state index in [-0.39, 0.29) is 5.91 Å². The number of nitrogen functional groups attached to an aromatic ring is 1. The number of hydrogen-bond donors (Lipinski definition) is 3. The fourth-order valence-electron chi connectivity index (χ4n) is 1.84. The summed E-state index contributed by atoms with van der Waals surface area (Å²) in [7, 11) is 0. The van der Waals surface area contributed by atoms with Crippen molar-refractivity contribution in [1.82, 2.24) is 10.3 Å². The van der Waals surface area contributed by atoms with Crippen LogP contribution in [0.2, 0.25) is 0 Å². The molecule has 100 valence electrons. The van der Waals surface area contributed by atoms with Crippen LogP contribution in [0.15, 0.2) is 24.4 Å².